The van der Waals surface area contributed by atoms with Gasteiger partial charge in [-0.25, -0.2) is 19.2 Å². The Kier molecular flexibility index (Phi) is 5.58. The van der Waals surface area contributed by atoms with E-state index in [1.54, 1.807) is 0 Å². The fraction of sp³-hybridized carbons (Fsp3) is 0.250. The van der Waals surface area contributed by atoms with Gasteiger partial charge in [0.15, 0.2) is 0 Å². The summed E-state index contributed by atoms with van der Waals surface area (Å²) in [7, 11) is 2.20. The lowest BCUT2D eigenvalue weighted by atomic mass is 10.0. The van der Waals surface area contributed by atoms with Gasteiger partial charge in [0.25, 0.3) is 0 Å². The Bertz CT molecular complexity index is 812. The number of carboxylic acids is 2. The number of aromatic carboxylic acids is 2. The maximum atomic E-state index is 12.2. The van der Waals surface area contributed by atoms with Crippen LogP contribution in [0.4, 0.5) is 5.69 Å². The molecular formula is C16H15NO9. The number of rotatable bonds is 5. The van der Waals surface area contributed by atoms with Crippen LogP contribution in [0.1, 0.15) is 20.7 Å². The van der Waals surface area contributed by atoms with Crippen LogP contribution in [0.15, 0.2) is 29.5 Å². The van der Waals surface area contributed by atoms with Crippen molar-refractivity contribution in [1.82, 2.24) is 0 Å². The molecule has 10 nitrogen and oxygen atoms in total. The number of benzene rings is 1. The van der Waals surface area contributed by atoms with Crippen molar-refractivity contribution >= 4 is 29.6 Å². The number of hydrogen-bond donors (Lipinski definition) is 2. The Labute approximate surface area is 147 Å². The lowest BCUT2D eigenvalue weighted by Crippen LogP contribution is -2.39. The van der Waals surface area contributed by atoms with Crippen LogP contribution in [0, 0.1) is 0 Å². The Morgan fingerprint density at radius 1 is 1.04 bits per heavy atom. The van der Waals surface area contributed by atoms with Gasteiger partial charge in [0.05, 0.1) is 43.2 Å². The van der Waals surface area contributed by atoms with Crippen molar-refractivity contribution in [3.63, 3.8) is 0 Å². The van der Waals surface area contributed by atoms with E-state index in [-0.39, 0.29) is 30.3 Å². The second-order valence-corrected chi connectivity index (χ2v) is 5.03. The van der Waals surface area contributed by atoms with E-state index in [0.717, 1.165) is 25.2 Å². The molecule has 1 aliphatic heterocycles. The molecule has 0 atom stereocenters. The molecule has 2 rings (SSSR count). The number of nitrogens with zero attached hydrogens (tertiary/aromatic N) is 1. The summed E-state index contributed by atoms with van der Waals surface area (Å²) in [5, 5.41) is 18.7. The van der Waals surface area contributed by atoms with Gasteiger partial charge >= 0.3 is 23.9 Å². The zero-order valence-electron chi connectivity index (χ0n) is 13.8. The standard InChI is InChI=1S/C16H15NO9/c1-24-15(22)9-6-26-7-17(12(9)16(23)25-2)10-5-3-4-8(13(18)19)11(10)14(20)21/h3-5H,6-7H2,1-2H3,(H,18,19)(H,20,21). The first-order valence-corrected chi connectivity index (χ1v) is 7.18. The molecule has 1 aromatic carbocycles. The number of ether oxygens (including phenoxy) is 3. The lowest BCUT2D eigenvalue weighted by molar-refractivity contribution is -0.140. The maximum Gasteiger partial charge on any atom is 0.355 e. The van der Waals surface area contributed by atoms with Crippen LogP contribution in [0.3, 0.4) is 0 Å². The molecular weight excluding hydrogens is 350 g/mol. The summed E-state index contributed by atoms with van der Waals surface area (Å²) in [5.41, 5.74) is -1.64. The quantitative estimate of drug-likeness (QED) is 0.708. The molecule has 0 amide bonds. The minimum atomic E-state index is -1.52. The van der Waals surface area contributed by atoms with Gasteiger partial charge in [0, 0.05) is 0 Å². The van der Waals surface area contributed by atoms with Crippen molar-refractivity contribution in [3.05, 3.63) is 40.6 Å². The number of esters is 2. The normalized spacial score (nSPS) is 14.0. The van der Waals surface area contributed by atoms with Crippen molar-refractivity contribution in [2.45, 2.75) is 0 Å². The summed E-state index contributed by atoms with van der Waals surface area (Å²) >= 11 is 0. The number of hydrogen-bond acceptors (Lipinski definition) is 8. The van der Waals surface area contributed by atoms with Crippen molar-refractivity contribution < 1.29 is 43.6 Å². The van der Waals surface area contributed by atoms with Crippen LogP contribution in [-0.2, 0) is 23.8 Å². The summed E-state index contributed by atoms with van der Waals surface area (Å²) in [6, 6.07) is 3.72. The monoisotopic (exact) mass is 365 g/mol. The highest BCUT2D eigenvalue weighted by Crippen LogP contribution is 2.31. The summed E-state index contributed by atoms with van der Waals surface area (Å²) in [5.74, 6) is -4.77. The molecule has 0 aliphatic carbocycles. The summed E-state index contributed by atoms with van der Waals surface area (Å²) in [6.45, 7) is -0.553. The molecule has 0 spiro atoms. The number of anilines is 1. The second kappa shape index (κ2) is 7.66. The molecule has 0 aromatic heterocycles. The van der Waals surface area contributed by atoms with Crippen LogP contribution < -0.4 is 4.90 Å². The first kappa shape index (κ1) is 18.9. The Morgan fingerprint density at radius 3 is 2.23 bits per heavy atom. The largest absolute Gasteiger partial charge is 0.478 e. The summed E-state index contributed by atoms with van der Waals surface area (Å²) < 4.78 is 14.5. The van der Waals surface area contributed by atoms with E-state index in [2.05, 4.69) is 9.47 Å². The van der Waals surface area contributed by atoms with E-state index < -0.39 is 35.0 Å². The van der Waals surface area contributed by atoms with Crippen LogP contribution >= 0.6 is 0 Å². The molecule has 2 N–H and O–H groups in total. The number of methoxy groups -OCH3 is 2. The van der Waals surface area contributed by atoms with Crippen LogP contribution in [0.25, 0.3) is 0 Å². The molecule has 1 heterocycles. The molecule has 1 aliphatic rings. The Balaban J connectivity index is 2.75. The minimum Gasteiger partial charge on any atom is -0.478 e. The summed E-state index contributed by atoms with van der Waals surface area (Å²) in [6.07, 6.45) is 0. The van der Waals surface area contributed by atoms with Crippen LogP contribution in [0.5, 0.6) is 0 Å². The fourth-order valence-electron chi connectivity index (χ4n) is 2.50. The molecule has 0 fully saturated rings. The molecule has 0 radical (unpaired) electrons. The zero-order chi connectivity index (χ0) is 19.4. The van der Waals surface area contributed by atoms with Gasteiger partial charge in [-0.2, -0.15) is 0 Å². The molecule has 0 bridgehead atoms. The van der Waals surface area contributed by atoms with Gasteiger partial charge in [0.1, 0.15) is 12.4 Å². The van der Waals surface area contributed by atoms with Crippen LogP contribution in [0.2, 0.25) is 0 Å². The minimum absolute atomic E-state index is 0.140. The molecule has 0 unspecified atom stereocenters. The highest BCUT2D eigenvalue weighted by molar-refractivity contribution is 6.09. The van der Waals surface area contributed by atoms with Gasteiger partial charge in [0.2, 0.25) is 0 Å². The highest BCUT2D eigenvalue weighted by atomic mass is 16.5. The van der Waals surface area contributed by atoms with Crippen molar-refractivity contribution in [2.24, 2.45) is 0 Å². The smallest absolute Gasteiger partial charge is 0.355 e. The number of carboxylic acid groups (broad SMARTS) is 2. The van der Waals surface area contributed by atoms with E-state index in [4.69, 9.17) is 4.74 Å². The number of carbonyl (C=O) groups excluding carboxylic acids is 2. The predicted molar refractivity (Wildman–Crippen MR) is 84.7 cm³/mol. The van der Waals surface area contributed by atoms with E-state index in [1.165, 1.54) is 12.1 Å². The molecule has 0 saturated carbocycles. The van der Waals surface area contributed by atoms with Crippen molar-refractivity contribution in [2.75, 3.05) is 32.5 Å². The predicted octanol–water partition coefficient (Wildman–Crippen LogP) is 0.477. The third-order valence-electron chi connectivity index (χ3n) is 3.61. The average molecular weight is 365 g/mol. The van der Waals surface area contributed by atoms with Gasteiger partial charge in [-0.05, 0) is 12.1 Å². The Hall–Kier alpha value is -3.40. The van der Waals surface area contributed by atoms with E-state index in [0.29, 0.717) is 0 Å². The summed E-state index contributed by atoms with van der Waals surface area (Å²) in [4.78, 5) is 48.3. The highest BCUT2D eigenvalue weighted by Gasteiger charge is 2.35. The first-order valence-electron chi connectivity index (χ1n) is 7.18. The fourth-order valence-corrected chi connectivity index (χ4v) is 2.50. The molecule has 138 valence electrons. The zero-order valence-corrected chi connectivity index (χ0v) is 13.8. The molecule has 26 heavy (non-hydrogen) atoms. The van der Waals surface area contributed by atoms with E-state index >= 15 is 0 Å². The van der Waals surface area contributed by atoms with Gasteiger partial charge in [-0.3, -0.25) is 0 Å². The third kappa shape index (κ3) is 3.35. The molecule has 0 saturated heterocycles. The van der Waals surface area contributed by atoms with Crippen molar-refractivity contribution in [3.8, 4) is 0 Å². The average Bonchev–Trinajstić information content (AvgIpc) is 2.65. The van der Waals surface area contributed by atoms with Gasteiger partial charge < -0.3 is 29.3 Å². The molecule has 10 heteroatoms. The number of carbonyl (C=O) groups is 4. The van der Waals surface area contributed by atoms with Crippen LogP contribution in [-0.4, -0.2) is 61.6 Å². The third-order valence-corrected chi connectivity index (χ3v) is 3.61. The second-order valence-electron chi connectivity index (χ2n) is 5.03. The SMILES string of the molecule is COC(=O)C1=C(C(=O)OC)N(c2cccc(C(=O)O)c2C(=O)O)COC1. The van der Waals surface area contributed by atoms with E-state index in [9.17, 15) is 29.4 Å². The maximum absolute atomic E-state index is 12.2. The van der Waals surface area contributed by atoms with Crippen molar-refractivity contribution in [1.29, 1.82) is 0 Å². The Morgan fingerprint density at radius 2 is 1.69 bits per heavy atom. The first-order chi connectivity index (χ1) is 12.3. The van der Waals surface area contributed by atoms with Gasteiger partial charge in [-0.1, -0.05) is 6.07 Å². The molecule has 1 aromatic rings. The lowest BCUT2D eigenvalue weighted by Gasteiger charge is -2.32. The van der Waals surface area contributed by atoms with Gasteiger partial charge in [-0.15, -0.1) is 0 Å². The van der Waals surface area contributed by atoms with E-state index in [1.807, 2.05) is 0 Å². The topological polar surface area (TPSA) is 140 Å².